The van der Waals surface area contributed by atoms with E-state index in [0.717, 1.165) is 7.11 Å². The summed E-state index contributed by atoms with van der Waals surface area (Å²) in [6.07, 6.45) is 0.166. The van der Waals surface area contributed by atoms with Crippen molar-refractivity contribution in [2.75, 3.05) is 7.11 Å². The van der Waals surface area contributed by atoms with Gasteiger partial charge in [-0.3, -0.25) is 10.1 Å². The van der Waals surface area contributed by atoms with Crippen LogP contribution in [0.2, 0.25) is 0 Å². The molecule has 1 unspecified atom stereocenters. The van der Waals surface area contributed by atoms with Gasteiger partial charge in [-0.15, -0.1) is 0 Å². The number of rotatable bonds is 3. The monoisotopic (exact) mass is 147 g/mol. The average molecular weight is 147 g/mol. The molecule has 5 heteroatoms. The van der Waals surface area contributed by atoms with Gasteiger partial charge in [0.25, 0.3) is 0 Å². The van der Waals surface area contributed by atoms with Gasteiger partial charge in [-0.2, -0.15) is 0 Å². The molecule has 0 fully saturated rings. The zero-order chi connectivity index (χ0) is 8.15. The Balaban J connectivity index is 4.06. The molecule has 0 rings (SSSR count). The number of esters is 1. The van der Waals surface area contributed by atoms with Crippen LogP contribution in [0.25, 0.3) is 0 Å². The second-order valence-corrected chi connectivity index (χ2v) is 1.73. The van der Waals surface area contributed by atoms with Crippen LogP contribution in [0.5, 0.6) is 0 Å². The van der Waals surface area contributed by atoms with Crippen molar-refractivity contribution in [3.63, 3.8) is 0 Å². The van der Waals surface area contributed by atoms with Crippen molar-refractivity contribution < 1.29 is 14.5 Å². The molecule has 0 aromatic rings. The Morgan fingerprint density at radius 2 is 2.30 bits per heavy atom. The van der Waals surface area contributed by atoms with Crippen molar-refractivity contribution >= 4 is 5.97 Å². The minimum absolute atomic E-state index is 0.166. The summed E-state index contributed by atoms with van der Waals surface area (Å²) in [5, 5.41) is 10.0. The highest BCUT2D eigenvalue weighted by molar-refractivity contribution is 5.73. The van der Waals surface area contributed by atoms with Crippen LogP contribution in [0.1, 0.15) is 13.3 Å². The normalized spacial score (nSPS) is 12.2. The van der Waals surface area contributed by atoms with Crippen LogP contribution in [0.3, 0.4) is 0 Å². The number of ether oxygens (including phenoxy) is 1. The molecule has 0 aliphatic rings. The SMILES string of the molecule is CCC(C(=O)OC)[N+](=O)[O-]. The van der Waals surface area contributed by atoms with Gasteiger partial charge in [-0.1, -0.05) is 6.92 Å². The largest absolute Gasteiger partial charge is 0.464 e. The highest BCUT2D eigenvalue weighted by Gasteiger charge is 2.27. The molecule has 0 N–H and O–H groups in total. The predicted molar refractivity (Wildman–Crippen MR) is 33.1 cm³/mol. The molecule has 5 nitrogen and oxygen atoms in total. The van der Waals surface area contributed by atoms with Gasteiger partial charge in [0.15, 0.2) is 0 Å². The number of hydrogen-bond donors (Lipinski definition) is 0. The van der Waals surface area contributed by atoms with Gasteiger partial charge in [0, 0.05) is 11.3 Å². The third-order valence-electron chi connectivity index (χ3n) is 1.11. The Morgan fingerprint density at radius 3 is 2.40 bits per heavy atom. The van der Waals surface area contributed by atoms with Gasteiger partial charge >= 0.3 is 12.0 Å². The van der Waals surface area contributed by atoms with E-state index in [0.29, 0.717) is 0 Å². The van der Waals surface area contributed by atoms with Crippen LogP contribution in [0.4, 0.5) is 0 Å². The standard InChI is InChI=1S/C5H9NO4/c1-3-4(6(8)9)5(7)10-2/h4H,3H2,1-2H3. The van der Waals surface area contributed by atoms with Crippen LogP contribution in [-0.4, -0.2) is 24.0 Å². The Bertz CT molecular complexity index is 145. The minimum Gasteiger partial charge on any atom is -0.464 e. The number of carbonyl (C=O) groups is 1. The fourth-order valence-electron chi connectivity index (χ4n) is 0.538. The maximum atomic E-state index is 10.5. The predicted octanol–water partition coefficient (Wildman–Crippen LogP) is 0.215. The summed E-state index contributed by atoms with van der Waals surface area (Å²) in [6, 6.07) is -1.20. The molecule has 0 spiro atoms. The van der Waals surface area contributed by atoms with Crippen LogP contribution < -0.4 is 0 Å². The molecule has 0 aliphatic carbocycles. The number of nitro groups is 1. The zero-order valence-corrected chi connectivity index (χ0v) is 5.86. The third kappa shape index (κ3) is 2.00. The molecule has 0 saturated carbocycles. The van der Waals surface area contributed by atoms with E-state index in [1.165, 1.54) is 0 Å². The minimum atomic E-state index is -1.20. The molecule has 0 aromatic carbocycles. The summed E-state index contributed by atoms with van der Waals surface area (Å²) in [6.45, 7) is 1.56. The molecule has 1 atom stereocenters. The van der Waals surface area contributed by atoms with Crippen molar-refractivity contribution in [1.82, 2.24) is 0 Å². The summed E-state index contributed by atoms with van der Waals surface area (Å²) in [7, 11) is 1.13. The van der Waals surface area contributed by atoms with Gasteiger partial charge in [0.2, 0.25) is 0 Å². The van der Waals surface area contributed by atoms with E-state index in [4.69, 9.17) is 0 Å². The molecule has 0 radical (unpaired) electrons. The summed E-state index contributed by atoms with van der Waals surface area (Å²) in [5.41, 5.74) is 0. The summed E-state index contributed by atoms with van der Waals surface area (Å²) in [4.78, 5) is 19.9. The maximum absolute atomic E-state index is 10.5. The first-order valence-corrected chi connectivity index (χ1v) is 2.84. The van der Waals surface area contributed by atoms with Crippen LogP contribution in [0.15, 0.2) is 0 Å². The van der Waals surface area contributed by atoms with E-state index < -0.39 is 16.9 Å². The number of carbonyl (C=O) groups excluding carboxylic acids is 1. The van der Waals surface area contributed by atoms with Gasteiger partial charge < -0.3 is 4.74 Å². The van der Waals surface area contributed by atoms with E-state index in [1.807, 2.05) is 0 Å². The van der Waals surface area contributed by atoms with Crippen molar-refractivity contribution in [3.05, 3.63) is 10.1 Å². The summed E-state index contributed by atoms with van der Waals surface area (Å²) >= 11 is 0. The lowest BCUT2D eigenvalue weighted by Crippen LogP contribution is -2.29. The van der Waals surface area contributed by atoms with E-state index in [9.17, 15) is 14.9 Å². The molecular formula is C5H9NO4. The quantitative estimate of drug-likeness (QED) is 0.325. The second kappa shape index (κ2) is 3.81. The number of hydrogen-bond acceptors (Lipinski definition) is 4. The summed E-state index contributed by atoms with van der Waals surface area (Å²) < 4.78 is 4.18. The van der Waals surface area contributed by atoms with E-state index in [1.54, 1.807) is 6.92 Å². The van der Waals surface area contributed by atoms with Gasteiger partial charge in [-0.05, 0) is 0 Å². The molecular weight excluding hydrogens is 138 g/mol. The first-order chi connectivity index (χ1) is 4.63. The first kappa shape index (κ1) is 8.87. The lowest BCUT2D eigenvalue weighted by atomic mass is 10.2. The topological polar surface area (TPSA) is 69.4 Å². The Morgan fingerprint density at radius 1 is 1.80 bits per heavy atom. The molecule has 10 heavy (non-hydrogen) atoms. The van der Waals surface area contributed by atoms with Crippen molar-refractivity contribution in [2.24, 2.45) is 0 Å². The summed E-state index contributed by atoms with van der Waals surface area (Å²) in [5.74, 6) is -0.785. The molecule has 0 amide bonds. The fraction of sp³-hybridized carbons (Fsp3) is 0.800. The van der Waals surface area contributed by atoms with E-state index >= 15 is 0 Å². The fourth-order valence-corrected chi connectivity index (χ4v) is 0.538. The number of methoxy groups -OCH3 is 1. The lowest BCUT2D eigenvalue weighted by Gasteiger charge is -2.02. The third-order valence-corrected chi connectivity index (χ3v) is 1.11. The first-order valence-electron chi connectivity index (χ1n) is 2.84. The van der Waals surface area contributed by atoms with E-state index in [2.05, 4.69) is 4.74 Å². The van der Waals surface area contributed by atoms with Crippen molar-refractivity contribution in [2.45, 2.75) is 19.4 Å². The van der Waals surface area contributed by atoms with Crippen molar-refractivity contribution in [1.29, 1.82) is 0 Å². The zero-order valence-electron chi connectivity index (χ0n) is 5.86. The highest BCUT2D eigenvalue weighted by atomic mass is 16.6. The van der Waals surface area contributed by atoms with E-state index in [-0.39, 0.29) is 6.42 Å². The van der Waals surface area contributed by atoms with Gasteiger partial charge in [0.1, 0.15) is 0 Å². The molecule has 0 heterocycles. The molecule has 0 saturated heterocycles. The molecule has 58 valence electrons. The second-order valence-electron chi connectivity index (χ2n) is 1.73. The van der Waals surface area contributed by atoms with Crippen LogP contribution >= 0.6 is 0 Å². The van der Waals surface area contributed by atoms with Crippen LogP contribution in [0, 0.1) is 10.1 Å². The van der Waals surface area contributed by atoms with Gasteiger partial charge in [-0.25, -0.2) is 4.79 Å². The lowest BCUT2D eigenvalue weighted by molar-refractivity contribution is -0.510. The Kier molecular flexibility index (Phi) is 3.38. The number of nitrogens with zero attached hydrogens (tertiary/aromatic N) is 1. The smallest absolute Gasteiger partial charge is 0.381 e. The highest BCUT2D eigenvalue weighted by Crippen LogP contribution is 1.97. The van der Waals surface area contributed by atoms with Gasteiger partial charge in [0.05, 0.1) is 7.11 Å². The average Bonchev–Trinajstić information content (AvgIpc) is 1.88. The maximum Gasteiger partial charge on any atom is 0.381 e. The Hall–Kier alpha value is -1.13. The molecule has 0 aliphatic heterocycles. The van der Waals surface area contributed by atoms with Crippen LogP contribution in [-0.2, 0) is 9.53 Å². The Labute approximate surface area is 58.1 Å². The molecule has 0 bridgehead atoms. The molecule has 0 aromatic heterocycles. The van der Waals surface area contributed by atoms with Crippen molar-refractivity contribution in [3.8, 4) is 0 Å².